The molecule has 144 valence electrons. The number of carbonyl (C=O) groups excluding carboxylic acids is 1. The number of hydrogen-bond acceptors (Lipinski definition) is 5. The lowest BCUT2D eigenvalue weighted by atomic mass is 10.2. The van der Waals surface area contributed by atoms with Crippen molar-refractivity contribution in [1.29, 1.82) is 0 Å². The van der Waals surface area contributed by atoms with Gasteiger partial charge in [0.1, 0.15) is 5.75 Å². The van der Waals surface area contributed by atoms with Gasteiger partial charge in [0.05, 0.1) is 23.6 Å². The molecule has 2 rings (SSSR count). The van der Waals surface area contributed by atoms with Crippen molar-refractivity contribution in [3.8, 4) is 5.75 Å². The second-order valence-corrected chi connectivity index (χ2v) is 7.62. The summed E-state index contributed by atoms with van der Waals surface area (Å²) in [6.07, 6.45) is 1.28. The van der Waals surface area contributed by atoms with Crippen LogP contribution in [0, 0.1) is 6.92 Å². The number of hydrogen-bond donors (Lipinski definition) is 1. The van der Waals surface area contributed by atoms with Crippen LogP contribution in [0.25, 0.3) is 0 Å². The molecule has 0 aliphatic rings. The normalized spacial score (nSPS) is 11.9. The molecule has 2 aromatic rings. The Kier molecular flexibility index (Phi) is 6.63. The van der Waals surface area contributed by atoms with Gasteiger partial charge in [0, 0.05) is 5.70 Å². The van der Waals surface area contributed by atoms with Gasteiger partial charge in [-0.2, -0.15) is 0 Å². The lowest BCUT2D eigenvalue weighted by Crippen LogP contribution is -2.32. The van der Waals surface area contributed by atoms with Gasteiger partial charge in [-0.25, -0.2) is 12.7 Å². The Morgan fingerprint density at radius 2 is 1.78 bits per heavy atom. The first-order valence-electron chi connectivity index (χ1n) is 8.52. The Morgan fingerprint density at radius 3 is 2.33 bits per heavy atom. The number of aryl methyl sites for hydroxylation is 1. The molecule has 0 aliphatic heterocycles. The lowest BCUT2D eigenvalue weighted by Gasteiger charge is -2.27. The fourth-order valence-electron chi connectivity index (χ4n) is 2.54. The molecular weight excluding hydrogens is 366 g/mol. The van der Waals surface area contributed by atoms with E-state index in [1.54, 1.807) is 38.1 Å². The van der Waals surface area contributed by atoms with Crippen molar-refractivity contribution in [2.45, 2.75) is 32.1 Å². The minimum atomic E-state index is -4.07. The highest BCUT2D eigenvalue weighted by molar-refractivity contribution is 7.93. The Hall–Kier alpha value is -2.80. The molecule has 0 amide bonds. The molecule has 0 spiro atoms. The molecule has 0 bridgehead atoms. The van der Waals surface area contributed by atoms with Gasteiger partial charge in [0.2, 0.25) is 0 Å². The third-order valence-corrected chi connectivity index (χ3v) is 5.66. The van der Waals surface area contributed by atoms with Gasteiger partial charge in [-0.1, -0.05) is 35.9 Å². The molecule has 0 aromatic heterocycles. The van der Waals surface area contributed by atoms with E-state index in [0.29, 0.717) is 0 Å². The standard InChI is InChI=1S/C20H23NO5S/c1-4-16(14-20(23)26-5-2)21(18-8-6-7-9-19(18)22)27(24,25)17-12-10-15(3)11-13-17/h4,6-13,22H,5,14H2,1-3H3/b16-4+. The van der Waals surface area contributed by atoms with Crippen molar-refractivity contribution in [3.63, 3.8) is 0 Å². The van der Waals surface area contributed by atoms with Gasteiger partial charge in [0.25, 0.3) is 10.0 Å². The van der Waals surface area contributed by atoms with E-state index in [0.717, 1.165) is 9.87 Å². The predicted octanol–water partition coefficient (Wildman–Crippen LogP) is 3.75. The van der Waals surface area contributed by atoms with Crippen LogP contribution in [0.5, 0.6) is 5.75 Å². The molecule has 0 saturated heterocycles. The third-order valence-electron chi connectivity index (χ3n) is 3.88. The second kappa shape index (κ2) is 8.73. The molecule has 0 saturated carbocycles. The number of benzene rings is 2. The van der Waals surface area contributed by atoms with E-state index in [4.69, 9.17) is 4.74 Å². The first-order chi connectivity index (χ1) is 12.8. The smallest absolute Gasteiger partial charge is 0.311 e. The molecule has 0 heterocycles. The number of rotatable bonds is 7. The Labute approximate surface area is 159 Å². The maximum absolute atomic E-state index is 13.4. The van der Waals surface area contributed by atoms with E-state index in [1.165, 1.54) is 30.3 Å². The summed E-state index contributed by atoms with van der Waals surface area (Å²) in [6, 6.07) is 12.5. The number of ether oxygens (including phenoxy) is 1. The number of allylic oxidation sites excluding steroid dienone is 1. The molecule has 7 heteroatoms. The minimum absolute atomic E-state index is 0.0551. The molecule has 0 aliphatic carbocycles. The molecule has 6 nitrogen and oxygen atoms in total. The van der Waals surface area contributed by atoms with Gasteiger partial charge in [-0.15, -0.1) is 0 Å². The third kappa shape index (κ3) is 4.68. The largest absolute Gasteiger partial charge is 0.506 e. The zero-order chi connectivity index (χ0) is 20.0. The summed E-state index contributed by atoms with van der Waals surface area (Å²) in [5, 5.41) is 10.3. The predicted molar refractivity (Wildman–Crippen MR) is 104 cm³/mol. The van der Waals surface area contributed by atoms with Crippen LogP contribution in [0.15, 0.2) is 65.2 Å². The van der Waals surface area contributed by atoms with Crippen molar-refractivity contribution in [1.82, 2.24) is 0 Å². The maximum atomic E-state index is 13.4. The second-order valence-electron chi connectivity index (χ2n) is 5.83. The Morgan fingerprint density at radius 1 is 1.15 bits per heavy atom. The summed E-state index contributed by atoms with van der Waals surface area (Å²) in [6.45, 7) is 5.36. The van der Waals surface area contributed by atoms with Crippen molar-refractivity contribution >= 4 is 21.7 Å². The van der Waals surface area contributed by atoms with Crippen molar-refractivity contribution in [2.75, 3.05) is 10.9 Å². The number of phenolic OH excluding ortho intramolecular Hbond substituents is 1. The van der Waals surface area contributed by atoms with Crippen LogP contribution < -0.4 is 4.31 Å². The van der Waals surface area contributed by atoms with Gasteiger partial charge in [0.15, 0.2) is 0 Å². The number of para-hydroxylation sites is 2. The van der Waals surface area contributed by atoms with E-state index in [1.807, 2.05) is 6.92 Å². The molecule has 0 unspecified atom stereocenters. The van der Waals surface area contributed by atoms with Crippen molar-refractivity contribution in [3.05, 3.63) is 65.9 Å². The summed E-state index contributed by atoms with van der Waals surface area (Å²) in [7, 11) is -4.07. The average molecular weight is 389 g/mol. The number of phenols is 1. The number of esters is 1. The topological polar surface area (TPSA) is 83.9 Å². The van der Waals surface area contributed by atoms with E-state index in [2.05, 4.69) is 0 Å². The Bertz CT molecular complexity index is 933. The van der Waals surface area contributed by atoms with Crippen LogP contribution in [0.2, 0.25) is 0 Å². The first-order valence-corrected chi connectivity index (χ1v) is 9.96. The van der Waals surface area contributed by atoms with Crippen molar-refractivity contribution < 1.29 is 23.1 Å². The SMILES string of the molecule is C/C=C(\CC(=O)OCC)N(c1ccccc1O)S(=O)(=O)c1ccc(C)cc1. The highest BCUT2D eigenvalue weighted by atomic mass is 32.2. The van der Waals surface area contributed by atoms with E-state index in [9.17, 15) is 18.3 Å². The first kappa shape index (κ1) is 20.5. The van der Waals surface area contributed by atoms with Crippen molar-refractivity contribution in [2.24, 2.45) is 0 Å². The average Bonchev–Trinajstić information content (AvgIpc) is 2.63. The monoisotopic (exact) mass is 389 g/mol. The summed E-state index contributed by atoms with van der Waals surface area (Å²) in [4.78, 5) is 12.0. The van der Waals surface area contributed by atoms with E-state index >= 15 is 0 Å². The number of carbonyl (C=O) groups is 1. The fraction of sp³-hybridized carbons (Fsp3) is 0.250. The number of aromatic hydroxyl groups is 1. The molecular formula is C20H23NO5S. The number of anilines is 1. The van der Waals surface area contributed by atoms with Gasteiger partial charge < -0.3 is 9.84 Å². The summed E-state index contributed by atoms with van der Waals surface area (Å²) >= 11 is 0. The maximum Gasteiger partial charge on any atom is 0.311 e. The molecule has 0 atom stereocenters. The van der Waals surface area contributed by atoms with Crippen LogP contribution in [0.4, 0.5) is 5.69 Å². The fourth-order valence-corrected chi connectivity index (χ4v) is 4.12. The molecule has 1 N–H and O–H groups in total. The van der Waals surface area contributed by atoms with Gasteiger partial charge >= 0.3 is 5.97 Å². The molecule has 2 aromatic carbocycles. The van der Waals surface area contributed by atoms with Crippen LogP contribution in [-0.4, -0.2) is 26.1 Å². The summed E-state index contributed by atoms with van der Waals surface area (Å²) < 4.78 is 32.7. The van der Waals surface area contributed by atoms with E-state index < -0.39 is 16.0 Å². The van der Waals surface area contributed by atoms with Crippen LogP contribution in [0.1, 0.15) is 25.8 Å². The molecule has 0 radical (unpaired) electrons. The number of nitrogens with zero attached hydrogens (tertiary/aromatic N) is 1. The molecule has 27 heavy (non-hydrogen) atoms. The van der Waals surface area contributed by atoms with Crippen LogP contribution in [-0.2, 0) is 19.6 Å². The quantitative estimate of drug-likeness (QED) is 0.729. The minimum Gasteiger partial charge on any atom is -0.506 e. The van der Waals surface area contributed by atoms with Gasteiger partial charge in [-0.3, -0.25) is 4.79 Å². The summed E-state index contributed by atoms with van der Waals surface area (Å²) in [5.41, 5.74) is 1.17. The van der Waals surface area contributed by atoms with Crippen LogP contribution >= 0.6 is 0 Å². The lowest BCUT2D eigenvalue weighted by molar-refractivity contribution is -0.142. The summed E-state index contributed by atoms with van der Waals surface area (Å²) in [5.74, 6) is -0.762. The Balaban J connectivity index is 2.61. The zero-order valence-corrected chi connectivity index (χ0v) is 16.4. The zero-order valence-electron chi connectivity index (χ0n) is 15.5. The highest BCUT2D eigenvalue weighted by Crippen LogP contribution is 2.35. The van der Waals surface area contributed by atoms with E-state index in [-0.39, 0.29) is 35.1 Å². The number of sulfonamides is 1. The molecule has 0 fully saturated rings. The van der Waals surface area contributed by atoms with Gasteiger partial charge in [-0.05, 0) is 45.0 Å². The van der Waals surface area contributed by atoms with Crippen LogP contribution in [0.3, 0.4) is 0 Å². The highest BCUT2D eigenvalue weighted by Gasteiger charge is 2.31.